The van der Waals surface area contributed by atoms with Gasteiger partial charge in [0.05, 0.1) is 12.1 Å². The van der Waals surface area contributed by atoms with Gasteiger partial charge in [-0.15, -0.1) is 0 Å². The first-order chi connectivity index (χ1) is 13.1. The van der Waals surface area contributed by atoms with Crippen molar-refractivity contribution in [3.8, 4) is 0 Å². The molecule has 1 saturated carbocycles. The molecule has 5 nitrogen and oxygen atoms in total. The number of rotatable bonds is 5. The van der Waals surface area contributed by atoms with Crippen LogP contribution in [0.1, 0.15) is 61.8 Å². The van der Waals surface area contributed by atoms with E-state index in [4.69, 9.17) is 16.1 Å². The Morgan fingerprint density at radius 1 is 1.26 bits per heavy atom. The zero-order valence-electron chi connectivity index (χ0n) is 15.3. The maximum Gasteiger partial charge on any atom is 0.244 e. The summed E-state index contributed by atoms with van der Waals surface area (Å²) < 4.78 is 18.7. The minimum absolute atomic E-state index is 0.0353. The normalized spacial score (nSPS) is 24.6. The fourth-order valence-corrected chi connectivity index (χ4v) is 4.58. The van der Waals surface area contributed by atoms with Crippen molar-refractivity contribution in [1.82, 2.24) is 15.0 Å². The molecule has 1 aliphatic carbocycles. The summed E-state index contributed by atoms with van der Waals surface area (Å²) >= 11 is 6.10. The molecule has 1 aliphatic heterocycles. The third kappa shape index (κ3) is 4.50. The van der Waals surface area contributed by atoms with Crippen molar-refractivity contribution in [2.24, 2.45) is 5.92 Å². The van der Waals surface area contributed by atoms with Gasteiger partial charge in [-0.2, -0.15) is 4.98 Å². The summed E-state index contributed by atoms with van der Waals surface area (Å²) in [5.74, 6) is 1.40. The number of nitrogens with zero attached hydrogens (tertiary/aromatic N) is 3. The number of benzene rings is 1. The largest absolute Gasteiger partial charge is 0.392 e. The molecule has 2 aromatic rings. The summed E-state index contributed by atoms with van der Waals surface area (Å²) in [5, 5.41) is 14.6. The predicted octanol–water partition coefficient (Wildman–Crippen LogP) is 4.14. The molecule has 1 aromatic carbocycles. The molecule has 146 valence electrons. The summed E-state index contributed by atoms with van der Waals surface area (Å²) in [6, 6.07) is 4.27. The molecule has 1 saturated heterocycles. The molecule has 2 fully saturated rings. The minimum Gasteiger partial charge on any atom is -0.392 e. The van der Waals surface area contributed by atoms with E-state index in [1.54, 1.807) is 6.07 Å². The fourth-order valence-electron chi connectivity index (χ4n) is 4.35. The lowest BCUT2D eigenvalue weighted by Crippen LogP contribution is -2.31. The molecule has 1 N–H and O–H groups in total. The maximum atomic E-state index is 13.2. The lowest BCUT2D eigenvalue weighted by atomic mass is 9.89. The van der Waals surface area contributed by atoms with Gasteiger partial charge in [0.1, 0.15) is 5.82 Å². The summed E-state index contributed by atoms with van der Waals surface area (Å²) in [4.78, 5) is 6.84. The quantitative estimate of drug-likeness (QED) is 0.827. The first-order valence-corrected chi connectivity index (χ1v) is 10.1. The molecule has 2 aliphatic rings. The van der Waals surface area contributed by atoms with Gasteiger partial charge in [0.15, 0.2) is 5.82 Å². The fraction of sp³-hybridized carbons (Fsp3) is 0.600. The van der Waals surface area contributed by atoms with Crippen molar-refractivity contribution < 1.29 is 14.0 Å². The van der Waals surface area contributed by atoms with E-state index in [-0.39, 0.29) is 18.0 Å². The number of aromatic nitrogens is 2. The number of aliphatic hydroxyl groups excluding tert-OH is 1. The molecular weight excluding hydrogens is 369 g/mol. The topological polar surface area (TPSA) is 62.4 Å². The molecule has 4 rings (SSSR count). The standard InChI is InChI=1S/C20H25ClFN3O2/c21-17-9-15(22)7-6-14(17)8-19-23-20(27-24-19)18-10-16(26)12-25(18)11-13-4-2-1-3-5-13/h6-7,9,13,16,18,26H,1-5,8,10-12H2. The number of aliphatic hydroxyl groups is 1. The highest BCUT2D eigenvalue weighted by Gasteiger charge is 2.37. The van der Waals surface area contributed by atoms with Crippen LogP contribution in [0, 0.1) is 11.7 Å². The zero-order valence-corrected chi connectivity index (χ0v) is 16.0. The minimum atomic E-state index is -0.365. The molecule has 27 heavy (non-hydrogen) atoms. The van der Waals surface area contributed by atoms with Crippen LogP contribution in [0.15, 0.2) is 22.7 Å². The second kappa shape index (κ2) is 8.25. The lowest BCUT2D eigenvalue weighted by Gasteiger charge is -2.29. The number of halogens is 2. The van der Waals surface area contributed by atoms with E-state index >= 15 is 0 Å². The van der Waals surface area contributed by atoms with Crippen LogP contribution in [0.5, 0.6) is 0 Å². The molecule has 1 aromatic heterocycles. The van der Waals surface area contributed by atoms with Gasteiger partial charge in [-0.25, -0.2) is 4.39 Å². The van der Waals surface area contributed by atoms with E-state index in [1.165, 1.54) is 44.2 Å². The third-order valence-electron chi connectivity index (χ3n) is 5.73. The second-order valence-corrected chi connectivity index (χ2v) is 8.23. The van der Waals surface area contributed by atoms with Crippen LogP contribution in [-0.2, 0) is 6.42 Å². The van der Waals surface area contributed by atoms with Crippen LogP contribution in [0.2, 0.25) is 5.02 Å². The molecule has 0 bridgehead atoms. The number of hydrogen-bond acceptors (Lipinski definition) is 5. The highest BCUT2D eigenvalue weighted by atomic mass is 35.5. The van der Waals surface area contributed by atoms with Gasteiger partial charge < -0.3 is 9.63 Å². The van der Waals surface area contributed by atoms with E-state index in [1.807, 2.05) is 0 Å². The van der Waals surface area contributed by atoms with Crippen LogP contribution in [0.25, 0.3) is 0 Å². The Hall–Kier alpha value is -1.50. The molecule has 0 spiro atoms. The summed E-state index contributed by atoms with van der Waals surface area (Å²) in [7, 11) is 0. The van der Waals surface area contributed by atoms with E-state index in [9.17, 15) is 9.50 Å². The van der Waals surface area contributed by atoms with Crippen molar-refractivity contribution in [2.75, 3.05) is 13.1 Å². The van der Waals surface area contributed by atoms with Crippen molar-refractivity contribution in [2.45, 2.75) is 57.1 Å². The van der Waals surface area contributed by atoms with Crippen molar-refractivity contribution in [3.63, 3.8) is 0 Å². The average molecular weight is 394 g/mol. The zero-order chi connectivity index (χ0) is 18.8. The van der Waals surface area contributed by atoms with E-state index in [2.05, 4.69) is 15.0 Å². The Kier molecular flexibility index (Phi) is 5.76. The highest BCUT2D eigenvalue weighted by molar-refractivity contribution is 6.31. The van der Waals surface area contributed by atoms with E-state index in [0.29, 0.717) is 42.0 Å². The first-order valence-electron chi connectivity index (χ1n) is 9.77. The lowest BCUT2D eigenvalue weighted by molar-refractivity contribution is 0.147. The summed E-state index contributed by atoms with van der Waals surface area (Å²) in [5.41, 5.74) is 0.760. The first kappa shape index (κ1) is 18.8. The van der Waals surface area contributed by atoms with Crippen LogP contribution >= 0.6 is 11.6 Å². The summed E-state index contributed by atoms with van der Waals surface area (Å²) in [6.45, 7) is 1.63. The van der Waals surface area contributed by atoms with Gasteiger partial charge in [-0.3, -0.25) is 4.90 Å². The SMILES string of the molecule is OC1CC(c2nc(Cc3ccc(F)cc3Cl)no2)N(CC2CCCCC2)C1. The number of hydrogen-bond donors (Lipinski definition) is 1. The van der Waals surface area contributed by atoms with Crippen molar-refractivity contribution >= 4 is 11.6 Å². The van der Waals surface area contributed by atoms with Crippen molar-refractivity contribution in [1.29, 1.82) is 0 Å². The predicted molar refractivity (Wildman–Crippen MR) is 100 cm³/mol. The Morgan fingerprint density at radius 2 is 2.07 bits per heavy atom. The van der Waals surface area contributed by atoms with E-state index in [0.717, 1.165) is 12.1 Å². The average Bonchev–Trinajstić information content (AvgIpc) is 3.25. The number of likely N-dealkylation sites (tertiary alicyclic amines) is 1. The molecule has 2 atom stereocenters. The molecule has 0 radical (unpaired) electrons. The Morgan fingerprint density at radius 3 is 2.85 bits per heavy atom. The second-order valence-electron chi connectivity index (χ2n) is 7.82. The van der Waals surface area contributed by atoms with Crippen LogP contribution in [0.4, 0.5) is 4.39 Å². The van der Waals surface area contributed by atoms with Gasteiger partial charge in [-0.1, -0.05) is 42.1 Å². The van der Waals surface area contributed by atoms with Gasteiger partial charge in [-0.05, 0) is 42.9 Å². The molecule has 7 heteroatoms. The molecule has 0 amide bonds. The molecular formula is C20H25ClFN3O2. The van der Waals surface area contributed by atoms with E-state index < -0.39 is 0 Å². The maximum absolute atomic E-state index is 13.2. The number of β-amino-alcohol motifs (C(OH)–C–C–N with tert-alkyl or cyclic N) is 1. The molecule has 2 heterocycles. The van der Waals surface area contributed by atoms with Crippen LogP contribution in [0.3, 0.4) is 0 Å². The van der Waals surface area contributed by atoms with Gasteiger partial charge >= 0.3 is 0 Å². The van der Waals surface area contributed by atoms with Crippen LogP contribution < -0.4 is 0 Å². The smallest absolute Gasteiger partial charge is 0.244 e. The third-order valence-corrected chi connectivity index (χ3v) is 6.08. The Bertz CT molecular complexity index is 778. The Labute approximate surface area is 163 Å². The van der Waals surface area contributed by atoms with Gasteiger partial charge in [0, 0.05) is 24.5 Å². The van der Waals surface area contributed by atoms with Gasteiger partial charge in [0.25, 0.3) is 0 Å². The summed E-state index contributed by atoms with van der Waals surface area (Å²) in [6.07, 6.45) is 7.10. The monoisotopic (exact) mass is 393 g/mol. The van der Waals surface area contributed by atoms with Crippen LogP contribution in [-0.4, -0.2) is 39.3 Å². The van der Waals surface area contributed by atoms with Gasteiger partial charge in [0.2, 0.25) is 5.89 Å². The van der Waals surface area contributed by atoms with Crippen molar-refractivity contribution in [3.05, 3.63) is 46.3 Å². The molecule has 2 unspecified atom stereocenters. The Balaban J connectivity index is 1.45. The highest BCUT2D eigenvalue weighted by Crippen LogP contribution is 2.34.